The van der Waals surface area contributed by atoms with Crippen LogP contribution in [-0.4, -0.2) is 36.1 Å². The van der Waals surface area contributed by atoms with Gasteiger partial charge in [-0.05, 0) is 56.9 Å². The van der Waals surface area contributed by atoms with Crippen LogP contribution in [0.5, 0.6) is 0 Å². The quantitative estimate of drug-likeness (QED) is 0.831. The van der Waals surface area contributed by atoms with Crippen molar-refractivity contribution in [2.45, 2.75) is 39.2 Å². The molecule has 2 heterocycles. The zero-order valence-electron chi connectivity index (χ0n) is 12.6. The third-order valence-corrected chi connectivity index (χ3v) is 4.00. The van der Waals surface area contributed by atoms with E-state index in [1.54, 1.807) is 6.07 Å². The number of pyridine rings is 1. The van der Waals surface area contributed by atoms with Crippen molar-refractivity contribution in [3.05, 3.63) is 29.8 Å². The summed E-state index contributed by atoms with van der Waals surface area (Å²) in [5, 5.41) is 3.57. The minimum absolute atomic E-state index is 0.219. The molecule has 1 aliphatic heterocycles. The van der Waals surface area contributed by atoms with Gasteiger partial charge in [0.15, 0.2) is 0 Å². The van der Waals surface area contributed by atoms with Crippen LogP contribution in [0.15, 0.2) is 18.3 Å². The van der Waals surface area contributed by atoms with Crippen LogP contribution in [0.25, 0.3) is 0 Å². The van der Waals surface area contributed by atoms with E-state index in [0.29, 0.717) is 5.92 Å². The van der Waals surface area contributed by atoms with Crippen LogP contribution in [0.2, 0.25) is 0 Å². The molecule has 0 aromatic carbocycles. The SMILES string of the molecule is CCC(NCC(C)CN1CCCC1)c1ccc(F)cn1. The molecule has 112 valence electrons. The molecule has 1 aliphatic rings. The average Bonchev–Trinajstić information content (AvgIpc) is 2.94. The first-order valence-corrected chi connectivity index (χ1v) is 7.76. The third kappa shape index (κ3) is 4.53. The second-order valence-electron chi connectivity index (χ2n) is 5.88. The molecule has 1 aromatic rings. The molecule has 0 saturated carbocycles. The topological polar surface area (TPSA) is 28.2 Å². The van der Waals surface area contributed by atoms with Crippen molar-refractivity contribution in [1.29, 1.82) is 0 Å². The van der Waals surface area contributed by atoms with E-state index in [4.69, 9.17) is 0 Å². The van der Waals surface area contributed by atoms with E-state index in [1.807, 2.05) is 0 Å². The van der Waals surface area contributed by atoms with Gasteiger partial charge in [-0.3, -0.25) is 4.98 Å². The van der Waals surface area contributed by atoms with Crippen molar-refractivity contribution < 1.29 is 4.39 Å². The first kappa shape index (κ1) is 15.4. The van der Waals surface area contributed by atoms with Crippen LogP contribution in [0.1, 0.15) is 44.8 Å². The maximum absolute atomic E-state index is 12.9. The van der Waals surface area contributed by atoms with Crippen molar-refractivity contribution >= 4 is 0 Å². The number of nitrogens with zero attached hydrogens (tertiary/aromatic N) is 2. The molecule has 2 atom stereocenters. The summed E-state index contributed by atoms with van der Waals surface area (Å²) in [4.78, 5) is 6.73. The average molecular weight is 279 g/mol. The van der Waals surface area contributed by atoms with Gasteiger partial charge in [0, 0.05) is 12.6 Å². The number of likely N-dealkylation sites (tertiary alicyclic amines) is 1. The van der Waals surface area contributed by atoms with E-state index in [-0.39, 0.29) is 11.9 Å². The highest BCUT2D eigenvalue weighted by atomic mass is 19.1. The molecule has 0 aliphatic carbocycles. The molecule has 20 heavy (non-hydrogen) atoms. The number of hydrogen-bond acceptors (Lipinski definition) is 3. The van der Waals surface area contributed by atoms with Crippen LogP contribution in [0.3, 0.4) is 0 Å². The second kappa shape index (κ2) is 7.70. The Morgan fingerprint density at radius 3 is 2.70 bits per heavy atom. The number of nitrogens with one attached hydrogen (secondary N) is 1. The summed E-state index contributed by atoms with van der Waals surface area (Å²) in [5.74, 6) is 0.355. The Bertz CT molecular complexity index is 387. The monoisotopic (exact) mass is 279 g/mol. The van der Waals surface area contributed by atoms with Gasteiger partial charge in [0.1, 0.15) is 5.82 Å². The van der Waals surface area contributed by atoms with Crippen molar-refractivity contribution in [3.63, 3.8) is 0 Å². The van der Waals surface area contributed by atoms with Gasteiger partial charge in [-0.2, -0.15) is 0 Å². The van der Waals surface area contributed by atoms with Crippen molar-refractivity contribution in [2.24, 2.45) is 5.92 Å². The summed E-state index contributed by atoms with van der Waals surface area (Å²) < 4.78 is 12.9. The highest BCUT2D eigenvalue weighted by Crippen LogP contribution is 2.15. The van der Waals surface area contributed by atoms with Crippen LogP contribution in [0.4, 0.5) is 4.39 Å². The Balaban J connectivity index is 1.79. The Labute approximate surface area is 121 Å². The molecule has 0 amide bonds. The number of hydrogen-bond donors (Lipinski definition) is 1. The van der Waals surface area contributed by atoms with Gasteiger partial charge in [0.2, 0.25) is 0 Å². The first-order chi connectivity index (χ1) is 9.69. The zero-order chi connectivity index (χ0) is 14.4. The maximum atomic E-state index is 12.9. The number of rotatable bonds is 7. The molecule has 2 rings (SSSR count). The van der Waals surface area contributed by atoms with Crippen LogP contribution >= 0.6 is 0 Å². The van der Waals surface area contributed by atoms with Crippen LogP contribution < -0.4 is 5.32 Å². The standard InChI is InChI=1S/C16H26FN3/c1-3-15(16-7-6-14(17)11-19-16)18-10-13(2)12-20-8-4-5-9-20/h6-7,11,13,15,18H,3-5,8-10,12H2,1-2H3. The predicted molar refractivity (Wildman–Crippen MR) is 80.1 cm³/mol. The lowest BCUT2D eigenvalue weighted by Crippen LogP contribution is -2.33. The molecule has 1 N–H and O–H groups in total. The summed E-state index contributed by atoms with van der Waals surface area (Å²) >= 11 is 0. The minimum atomic E-state index is -0.272. The van der Waals surface area contributed by atoms with E-state index in [2.05, 4.69) is 29.0 Å². The Morgan fingerprint density at radius 2 is 2.10 bits per heavy atom. The van der Waals surface area contributed by atoms with E-state index in [0.717, 1.165) is 18.7 Å². The fourth-order valence-electron chi connectivity index (χ4n) is 2.87. The van der Waals surface area contributed by atoms with Gasteiger partial charge in [0.05, 0.1) is 11.9 Å². The summed E-state index contributed by atoms with van der Waals surface area (Å²) in [6.07, 6.45) is 4.96. The highest BCUT2D eigenvalue weighted by molar-refractivity contribution is 5.09. The minimum Gasteiger partial charge on any atom is -0.308 e. The largest absolute Gasteiger partial charge is 0.308 e. The van der Waals surface area contributed by atoms with Crippen molar-refractivity contribution in [2.75, 3.05) is 26.2 Å². The van der Waals surface area contributed by atoms with E-state index >= 15 is 0 Å². The third-order valence-electron chi connectivity index (χ3n) is 4.00. The molecule has 0 radical (unpaired) electrons. The van der Waals surface area contributed by atoms with E-state index in [9.17, 15) is 4.39 Å². The van der Waals surface area contributed by atoms with Gasteiger partial charge in [-0.25, -0.2) is 4.39 Å². The van der Waals surface area contributed by atoms with Gasteiger partial charge < -0.3 is 10.2 Å². The van der Waals surface area contributed by atoms with Gasteiger partial charge in [-0.1, -0.05) is 13.8 Å². The van der Waals surface area contributed by atoms with Crippen molar-refractivity contribution in [3.8, 4) is 0 Å². The van der Waals surface area contributed by atoms with Crippen molar-refractivity contribution in [1.82, 2.24) is 15.2 Å². The number of halogens is 1. The van der Waals surface area contributed by atoms with Gasteiger partial charge >= 0.3 is 0 Å². The highest BCUT2D eigenvalue weighted by Gasteiger charge is 2.16. The molecular weight excluding hydrogens is 253 g/mol. The fourth-order valence-corrected chi connectivity index (χ4v) is 2.87. The number of aromatic nitrogens is 1. The van der Waals surface area contributed by atoms with Crippen LogP contribution in [-0.2, 0) is 0 Å². The molecule has 4 heteroatoms. The lowest BCUT2D eigenvalue weighted by Gasteiger charge is -2.23. The Kier molecular flexibility index (Phi) is 5.92. The summed E-state index contributed by atoms with van der Waals surface area (Å²) in [6.45, 7) is 9.07. The predicted octanol–water partition coefficient (Wildman–Crippen LogP) is 2.99. The molecule has 2 unspecified atom stereocenters. The van der Waals surface area contributed by atoms with Crippen LogP contribution in [0, 0.1) is 11.7 Å². The molecule has 1 aromatic heterocycles. The molecule has 1 fully saturated rings. The zero-order valence-corrected chi connectivity index (χ0v) is 12.6. The lowest BCUT2D eigenvalue weighted by atomic mass is 10.1. The smallest absolute Gasteiger partial charge is 0.141 e. The molecule has 0 bridgehead atoms. The molecule has 0 spiro atoms. The maximum Gasteiger partial charge on any atom is 0.141 e. The molecule has 1 saturated heterocycles. The summed E-state index contributed by atoms with van der Waals surface area (Å²) in [5.41, 5.74) is 0.933. The summed E-state index contributed by atoms with van der Waals surface area (Å²) in [7, 11) is 0. The van der Waals surface area contributed by atoms with Gasteiger partial charge in [0.25, 0.3) is 0 Å². The van der Waals surface area contributed by atoms with E-state index < -0.39 is 0 Å². The Hall–Kier alpha value is -1.00. The fraction of sp³-hybridized carbons (Fsp3) is 0.688. The lowest BCUT2D eigenvalue weighted by molar-refractivity contribution is 0.276. The normalized spacial score (nSPS) is 19.1. The van der Waals surface area contributed by atoms with E-state index in [1.165, 1.54) is 44.7 Å². The molecular formula is C16H26FN3. The first-order valence-electron chi connectivity index (χ1n) is 7.76. The Morgan fingerprint density at radius 1 is 1.35 bits per heavy atom. The van der Waals surface area contributed by atoms with Gasteiger partial charge in [-0.15, -0.1) is 0 Å². The second-order valence-corrected chi connectivity index (χ2v) is 5.88. The molecule has 3 nitrogen and oxygen atoms in total. The summed E-state index contributed by atoms with van der Waals surface area (Å²) in [6, 6.07) is 3.48.